The molecule has 0 fully saturated rings. The molecule has 0 amide bonds. The molecule has 0 aromatic carbocycles. The molecule has 0 aliphatic carbocycles. The lowest BCUT2D eigenvalue weighted by molar-refractivity contribution is 0.131. The van der Waals surface area contributed by atoms with E-state index in [1.807, 2.05) is 0 Å². The van der Waals surface area contributed by atoms with Crippen LogP contribution in [0.1, 0.15) is 12.8 Å². The van der Waals surface area contributed by atoms with Crippen LogP contribution in [-0.2, 0) is 18.1 Å². The Morgan fingerprint density at radius 2 is 1.23 bits per heavy atom. The average Bonchev–Trinajstić information content (AvgIpc) is 2.30. The summed E-state index contributed by atoms with van der Waals surface area (Å²) in [7, 11) is -2.57. The monoisotopic (exact) mass is 584 g/mol. The second kappa shape index (κ2) is 10.8. The number of phosphoric acid groups is 1. The van der Waals surface area contributed by atoms with Gasteiger partial charge in [-0.25, -0.2) is 4.57 Å². The van der Waals surface area contributed by atoms with Crippen molar-refractivity contribution in [3.05, 3.63) is 0 Å². The van der Waals surface area contributed by atoms with Gasteiger partial charge in [-0.3, -0.25) is 13.6 Å². The summed E-state index contributed by atoms with van der Waals surface area (Å²) in [6.07, 6.45) is 0.297. The number of alkyl halides is 8. The van der Waals surface area contributed by atoms with Crippen LogP contribution in [0.3, 0.4) is 0 Å². The van der Waals surface area contributed by atoms with Crippen molar-refractivity contribution in [1.82, 2.24) is 0 Å². The molecule has 13 heteroatoms. The minimum absolute atomic E-state index is 0.0452. The maximum absolute atomic E-state index is 12.2. The molecule has 0 saturated heterocycles. The average molecular weight is 589 g/mol. The number of rotatable bonds is 9. The number of hydrogen-bond acceptors (Lipinski definition) is 4. The van der Waals surface area contributed by atoms with Gasteiger partial charge in [0.15, 0.2) is 7.59 Å². The standard InChI is InChI=1S/C9H13Br2Cl6O4P/c1-19-22(18,20-4-6(10)2-8(12,13)14)21-5-7(11)3-9(15,16)17/h6-7H,2-5H2,1H3. The highest BCUT2D eigenvalue weighted by atomic mass is 79.9. The first-order valence-corrected chi connectivity index (χ1v) is 11.2. The van der Waals surface area contributed by atoms with Crippen molar-refractivity contribution in [3.63, 3.8) is 0 Å². The van der Waals surface area contributed by atoms with Crippen molar-refractivity contribution in [2.45, 2.75) is 30.1 Å². The van der Waals surface area contributed by atoms with Gasteiger partial charge in [-0.2, -0.15) is 0 Å². The van der Waals surface area contributed by atoms with E-state index in [0.29, 0.717) is 0 Å². The van der Waals surface area contributed by atoms with Crippen LogP contribution in [0.15, 0.2) is 0 Å². The molecule has 0 heterocycles. The summed E-state index contributed by atoms with van der Waals surface area (Å²) in [6.45, 7) is -0.0904. The fourth-order valence-electron chi connectivity index (χ4n) is 1.11. The quantitative estimate of drug-likeness (QED) is 0.219. The Labute approximate surface area is 176 Å². The third-order valence-electron chi connectivity index (χ3n) is 1.96. The van der Waals surface area contributed by atoms with Gasteiger partial charge in [0.1, 0.15) is 0 Å². The summed E-state index contributed by atoms with van der Waals surface area (Å²) in [5.41, 5.74) is 0. The fourth-order valence-corrected chi connectivity index (χ4v) is 6.00. The van der Waals surface area contributed by atoms with Gasteiger partial charge < -0.3 is 0 Å². The fraction of sp³-hybridized carbons (Fsp3) is 1.00. The minimum Gasteiger partial charge on any atom is -0.290 e. The first-order chi connectivity index (χ1) is 9.76. The summed E-state index contributed by atoms with van der Waals surface area (Å²) in [6, 6.07) is 0. The van der Waals surface area contributed by atoms with E-state index < -0.39 is 15.4 Å². The molecule has 0 aromatic heterocycles. The third-order valence-corrected chi connectivity index (χ3v) is 5.44. The van der Waals surface area contributed by atoms with Crippen molar-refractivity contribution in [2.24, 2.45) is 0 Å². The Balaban J connectivity index is 4.33. The van der Waals surface area contributed by atoms with Crippen molar-refractivity contribution in [1.29, 1.82) is 0 Å². The molecule has 22 heavy (non-hydrogen) atoms. The van der Waals surface area contributed by atoms with Crippen LogP contribution in [0.25, 0.3) is 0 Å². The first kappa shape index (κ1) is 24.8. The van der Waals surface area contributed by atoms with Crippen molar-refractivity contribution < 1.29 is 18.1 Å². The topological polar surface area (TPSA) is 44.8 Å². The molecule has 0 aliphatic heterocycles. The van der Waals surface area contributed by atoms with E-state index in [0.717, 1.165) is 0 Å². The van der Waals surface area contributed by atoms with E-state index in [1.54, 1.807) is 0 Å². The summed E-state index contributed by atoms with van der Waals surface area (Å²) in [5.74, 6) is 0. The van der Waals surface area contributed by atoms with Crippen LogP contribution in [0.2, 0.25) is 0 Å². The lowest BCUT2D eigenvalue weighted by Gasteiger charge is -2.21. The van der Waals surface area contributed by atoms with Crippen molar-refractivity contribution >= 4 is 109 Å². The molecule has 0 aromatic rings. The Hall–Kier alpha value is 2.81. The van der Waals surface area contributed by atoms with Crippen LogP contribution >= 0.6 is 109 Å². The molecule has 0 N–H and O–H groups in total. The van der Waals surface area contributed by atoms with Crippen molar-refractivity contribution in [2.75, 3.05) is 20.3 Å². The van der Waals surface area contributed by atoms with Crippen LogP contribution < -0.4 is 0 Å². The molecule has 0 bridgehead atoms. The largest absolute Gasteiger partial charge is 0.474 e. The molecular weight excluding hydrogens is 576 g/mol. The van der Waals surface area contributed by atoms with Crippen LogP contribution in [0, 0.1) is 0 Å². The van der Waals surface area contributed by atoms with Gasteiger partial charge in [0.25, 0.3) is 0 Å². The molecule has 0 spiro atoms. The van der Waals surface area contributed by atoms with E-state index in [2.05, 4.69) is 31.9 Å². The van der Waals surface area contributed by atoms with Crippen LogP contribution in [0.5, 0.6) is 0 Å². The molecule has 2 unspecified atom stereocenters. The molecule has 0 rings (SSSR count). The predicted octanol–water partition coefficient (Wildman–Crippen LogP) is 6.82. The summed E-state index contributed by atoms with van der Waals surface area (Å²) in [4.78, 5) is -0.707. The van der Waals surface area contributed by atoms with E-state index in [9.17, 15) is 4.57 Å². The third kappa shape index (κ3) is 14.0. The molecule has 0 aliphatic rings. The molecular formula is C9H13Br2Cl6O4P. The summed E-state index contributed by atoms with van der Waals surface area (Å²) in [5, 5.41) is 0. The second-order valence-electron chi connectivity index (χ2n) is 4.05. The zero-order chi connectivity index (χ0) is 17.6. The minimum atomic E-state index is -3.76. The second-order valence-corrected chi connectivity index (χ2v) is 13.5. The van der Waals surface area contributed by atoms with Gasteiger partial charge in [-0.15, -0.1) is 0 Å². The highest BCUT2D eigenvalue weighted by molar-refractivity contribution is 9.09. The van der Waals surface area contributed by atoms with E-state index >= 15 is 0 Å². The highest BCUT2D eigenvalue weighted by Gasteiger charge is 2.31. The van der Waals surface area contributed by atoms with Crippen molar-refractivity contribution in [3.8, 4) is 0 Å². The van der Waals surface area contributed by atoms with Gasteiger partial charge >= 0.3 is 7.82 Å². The van der Waals surface area contributed by atoms with E-state index in [-0.39, 0.29) is 35.7 Å². The molecule has 0 saturated carbocycles. The smallest absolute Gasteiger partial charge is 0.290 e. The molecule has 134 valence electrons. The Morgan fingerprint density at radius 3 is 1.45 bits per heavy atom. The number of halogens is 8. The molecule has 0 radical (unpaired) electrons. The van der Waals surface area contributed by atoms with Crippen LogP contribution in [-0.4, -0.2) is 37.6 Å². The molecule has 2 atom stereocenters. The van der Waals surface area contributed by atoms with Gasteiger partial charge in [-0.05, 0) is 0 Å². The summed E-state index contributed by atoms with van der Waals surface area (Å²) < 4.78 is 24.3. The van der Waals surface area contributed by atoms with Crippen LogP contribution in [0.4, 0.5) is 0 Å². The zero-order valence-corrected chi connectivity index (χ0v) is 19.7. The number of hydrogen-bond donors (Lipinski definition) is 0. The Bertz CT molecular complexity index is 348. The van der Waals surface area contributed by atoms with E-state index in [1.165, 1.54) is 7.11 Å². The van der Waals surface area contributed by atoms with Gasteiger partial charge in [-0.1, -0.05) is 101 Å². The van der Waals surface area contributed by atoms with Gasteiger partial charge in [0, 0.05) is 29.6 Å². The van der Waals surface area contributed by atoms with E-state index in [4.69, 9.17) is 83.2 Å². The summed E-state index contributed by atoms with van der Waals surface area (Å²) >= 11 is 40.4. The van der Waals surface area contributed by atoms with Gasteiger partial charge in [0.05, 0.1) is 13.2 Å². The Morgan fingerprint density at radius 1 is 0.909 bits per heavy atom. The number of phosphoric ester groups is 1. The predicted molar refractivity (Wildman–Crippen MR) is 102 cm³/mol. The highest BCUT2D eigenvalue weighted by Crippen LogP contribution is 2.50. The SMILES string of the molecule is COP(=O)(OCC(Br)CC(Cl)(Cl)Cl)OCC(Br)CC(Cl)(Cl)Cl. The lowest BCUT2D eigenvalue weighted by Crippen LogP contribution is -2.19. The maximum atomic E-state index is 12.2. The Kier molecular flexibility index (Phi) is 12.2. The van der Waals surface area contributed by atoms with Gasteiger partial charge in [0.2, 0.25) is 0 Å². The normalized spacial score (nSPS) is 18.8. The molecule has 4 nitrogen and oxygen atoms in total. The maximum Gasteiger partial charge on any atom is 0.474 e. The first-order valence-electron chi connectivity index (χ1n) is 5.63. The zero-order valence-electron chi connectivity index (χ0n) is 11.1. The lowest BCUT2D eigenvalue weighted by atomic mass is 10.3.